The molecule has 0 aromatic carbocycles. The SMILES string of the molecule is CC1(CC2CCN(Nc3nc(Cl)nc4c3ncn4C3CCCC3)CC2)N=CCS1. The second-order valence-electron chi connectivity index (χ2n) is 8.65. The van der Waals surface area contributed by atoms with E-state index < -0.39 is 0 Å². The Kier molecular flexibility index (Phi) is 5.43. The van der Waals surface area contributed by atoms with Crippen LogP contribution >= 0.6 is 23.4 Å². The molecule has 9 heteroatoms. The van der Waals surface area contributed by atoms with Crippen molar-refractivity contribution in [3.63, 3.8) is 0 Å². The van der Waals surface area contributed by atoms with Crippen molar-refractivity contribution in [3.8, 4) is 0 Å². The number of hydrogen-bond donors (Lipinski definition) is 1. The maximum absolute atomic E-state index is 6.27. The average molecular weight is 434 g/mol. The number of anilines is 1. The van der Waals surface area contributed by atoms with Gasteiger partial charge < -0.3 is 9.99 Å². The largest absolute Gasteiger partial charge is 0.312 e. The standard InChI is InChI=1S/C20H28ClN7S/c1-20(23-8-11-29-20)12-14-6-9-27(10-7-14)26-17-16-18(25-19(21)24-17)28(13-22-16)15-4-2-3-5-15/h8,13-15H,2-7,9-12H2,1H3,(H,24,25,26). The summed E-state index contributed by atoms with van der Waals surface area (Å²) in [5.41, 5.74) is 5.14. The molecule has 156 valence electrons. The number of thioether (sulfide) groups is 1. The Morgan fingerprint density at radius 2 is 2.00 bits per heavy atom. The van der Waals surface area contributed by atoms with Crippen molar-refractivity contribution in [2.24, 2.45) is 10.9 Å². The molecule has 1 N–H and O–H groups in total. The second-order valence-corrected chi connectivity index (χ2v) is 10.5. The molecule has 4 heterocycles. The Morgan fingerprint density at radius 3 is 2.72 bits per heavy atom. The molecule has 0 bridgehead atoms. The van der Waals surface area contributed by atoms with Gasteiger partial charge in [0.05, 0.1) is 6.33 Å². The maximum atomic E-state index is 6.27. The minimum Gasteiger partial charge on any atom is -0.312 e. The van der Waals surface area contributed by atoms with E-state index in [0.717, 1.165) is 61.0 Å². The number of fused-ring (bicyclic) bond motifs is 1. The van der Waals surface area contributed by atoms with Crippen LogP contribution in [0.3, 0.4) is 0 Å². The van der Waals surface area contributed by atoms with Crippen molar-refractivity contribution in [1.82, 2.24) is 24.5 Å². The first-order chi connectivity index (χ1) is 14.1. The first kappa shape index (κ1) is 19.6. The van der Waals surface area contributed by atoms with E-state index in [1.165, 1.54) is 25.7 Å². The Labute approximate surface area is 180 Å². The normalized spacial score (nSPS) is 26.7. The summed E-state index contributed by atoms with van der Waals surface area (Å²) in [6.45, 7) is 4.25. The first-order valence-corrected chi connectivity index (χ1v) is 12.1. The van der Waals surface area contributed by atoms with Gasteiger partial charge in [-0.15, -0.1) is 11.8 Å². The van der Waals surface area contributed by atoms with Gasteiger partial charge in [0.2, 0.25) is 5.28 Å². The number of nitrogens with zero attached hydrogens (tertiary/aromatic N) is 6. The van der Waals surface area contributed by atoms with Gasteiger partial charge >= 0.3 is 0 Å². The number of halogens is 1. The summed E-state index contributed by atoms with van der Waals surface area (Å²) in [6, 6.07) is 0.479. The zero-order valence-electron chi connectivity index (χ0n) is 16.8. The Hall–Kier alpha value is -1.38. The number of piperidine rings is 1. The van der Waals surface area contributed by atoms with Crippen molar-refractivity contribution in [2.45, 2.75) is 62.8 Å². The minimum absolute atomic E-state index is 0.0830. The van der Waals surface area contributed by atoms with Gasteiger partial charge in [0, 0.05) is 31.1 Å². The van der Waals surface area contributed by atoms with Crippen LogP contribution in [0.5, 0.6) is 0 Å². The number of imidazole rings is 1. The third-order valence-electron chi connectivity index (χ3n) is 6.49. The van der Waals surface area contributed by atoms with E-state index in [-0.39, 0.29) is 10.2 Å². The van der Waals surface area contributed by atoms with E-state index in [1.807, 2.05) is 18.1 Å². The van der Waals surface area contributed by atoms with Gasteiger partial charge in [-0.05, 0) is 56.5 Å². The summed E-state index contributed by atoms with van der Waals surface area (Å²) in [5.74, 6) is 2.49. The molecule has 2 aromatic heterocycles. The molecule has 0 amide bonds. The van der Waals surface area contributed by atoms with Crippen LogP contribution < -0.4 is 5.43 Å². The molecular weight excluding hydrogens is 406 g/mol. The van der Waals surface area contributed by atoms with Crippen LogP contribution in [-0.4, -0.2) is 54.5 Å². The van der Waals surface area contributed by atoms with Crippen LogP contribution in [0.25, 0.3) is 11.2 Å². The summed E-state index contributed by atoms with van der Waals surface area (Å²) in [6.07, 6.45) is 12.4. The van der Waals surface area contributed by atoms with Crippen LogP contribution in [0.15, 0.2) is 11.3 Å². The summed E-state index contributed by atoms with van der Waals surface area (Å²) < 4.78 is 2.19. The van der Waals surface area contributed by atoms with E-state index in [4.69, 9.17) is 16.6 Å². The minimum atomic E-state index is 0.0830. The third kappa shape index (κ3) is 4.11. The lowest BCUT2D eigenvalue weighted by molar-refractivity contribution is 0.202. The Bertz CT molecular complexity index is 902. The quantitative estimate of drug-likeness (QED) is 0.697. The van der Waals surface area contributed by atoms with Crippen molar-refractivity contribution >= 4 is 46.6 Å². The lowest BCUT2D eigenvalue weighted by Gasteiger charge is -2.35. The molecule has 1 atom stereocenters. The predicted octanol–water partition coefficient (Wildman–Crippen LogP) is 4.56. The molecule has 2 fully saturated rings. The molecule has 2 aliphatic heterocycles. The van der Waals surface area contributed by atoms with E-state index in [2.05, 4.69) is 43.1 Å². The molecule has 29 heavy (non-hydrogen) atoms. The van der Waals surface area contributed by atoms with Crippen molar-refractivity contribution in [2.75, 3.05) is 24.3 Å². The number of rotatable bonds is 5. The highest BCUT2D eigenvalue weighted by Crippen LogP contribution is 2.39. The van der Waals surface area contributed by atoms with Gasteiger partial charge in [-0.25, -0.2) is 9.99 Å². The van der Waals surface area contributed by atoms with E-state index in [0.29, 0.717) is 6.04 Å². The predicted molar refractivity (Wildman–Crippen MR) is 120 cm³/mol. The second kappa shape index (κ2) is 8.04. The maximum Gasteiger partial charge on any atom is 0.226 e. The summed E-state index contributed by atoms with van der Waals surface area (Å²) >= 11 is 8.24. The number of hydrogen-bond acceptors (Lipinski definition) is 7. The fourth-order valence-corrected chi connectivity index (χ4v) is 6.12. The monoisotopic (exact) mass is 433 g/mol. The summed E-state index contributed by atoms with van der Waals surface area (Å²) in [7, 11) is 0. The highest BCUT2D eigenvalue weighted by atomic mass is 35.5. The van der Waals surface area contributed by atoms with Crippen molar-refractivity contribution in [1.29, 1.82) is 0 Å². The molecule has 0 spiro atoms. The van der Waals surface area contributed by atoms with E-state index in [1.54, 1.807) is 0 Å². The smallest absolute Gasteiger partial charge is 0.226 e. The Balaban J connectivity index is 1.27. The molecule has 2 aromatic rings. The molecule has 3 aliphatic rings. The molecule has 1 unspecified atom stereocenters. The summed E-state index contributed by atoms with van der Waals surface area (Å²) in [4.78, 5) is 18.4. The zero-order valence-corrected chi connectivity index (χ0v) is 18.4. The molecule has 7 nitrogen and oxygen atoms in total. The fraction of sp³-hybridized carbons (Fsp3) is 0.700. The van der Waals surface area contributed by atoms with Crippen LogP contribution in [0.4, 0.5) is 5.82 Å². The highest BCUT2D eigenvalue weighted by Gasteiger charge is 2.32. The topological polar surface area (TPSA) is 71.2 Å². The number of aromatic nitrogens is 4. The number of nitrogens with one attached hydrogen (secondary N) is 1. The lowest BCUT2D eigenvalue weighted by Crippen LogP contribution is -2.39. The van der Waals surface area contributed by atoms with Gasteiger partial charge in [-0.2, -0.15) is 9.97 Å². The lowest BCUT2D eigenvalue weighted by atomic mass is 9.91. The van der Waals surface area contributed by atoms with Gasteiger partial charge in [0.1, 0.15) is 4.87 Å². The van der Waals surface area contributed by atoms with Gasteiger partial charge in [-0.3, -0.25) is 4.99 Å². The van der Waals surface area contributed by atoms with Gasteiger partial charge in [-0.1, -0.05) is 12.8 Å². The van der Waals surface area contributed by atoms with E-state index in [9.17, 15) is 0 Å². The first-order valence-electron chi connectivity index (χ1n) is 10.7. The van der Waals surface area contributed by atoms with Gasteiger partial charge in [0.15, 0.2) is 17.0 Å². The molecule has 1 saturated carbocycles. The molecule has 1 saturated heterocycles. The van der Waals surface area contributed by atoms with Gasteiger partial charge in [0.25, 0.3) is 0 Å². The van der Waals surface area contributed by atoms with E-state index >= 15 is 0 Å². The fourth-order valence-electron chi connectivity index (χ4n) is 4.95. The van der Waals surface area contributed by atoms with Crippen LogP contribution in [-0.2, 0) is 0 Å². The van der Waals surface area contributed by atoms with Crippen molar-refractivity contribution in [3.05, 3.63) is 11.6 Å². The summed E-state index contributed by atoms with van der Waals surface area (Å²) in [5, 5.41) is 2.52. The molecule has 5 rings (SSSR count). The van der Waals surface area contributed by atoms with Crippen LogP contribution in [0.2, 0.25) is 5.28 Å². The van der Waals surface area contributed by atoms with Crippen molar-refractivity contribution < 1.29 is 0 Å². The molecule has 1 aliphatic carbocycles. The molecular formula is C20H28ClN7S. The zero-order chi connectivity index (χ0) is 19.8. The average Bonchev–Trinajstić information content (AvgIpc) is 3.44. The van der Waals surface area contributed by atoms with Crippen LogP contribution in [0, 0.1) is 5.92 Å². The third-order valence-corrected chi connectivity index (χ3v) is 7.87. The Morgan fingerprint density at radius 1 is 1.21 bits per heavy atom. The van der Waals surface area contributed by atoms with Crippen LogP contribution in [0.1, 0.15) is 57.9 Å². The number of aliphatic imine (C=N–C) groups is 1. The highest BCUT2D eigenvalue weighted by molar-refractivity contribution is 8.01. The molecule has 0 radical (unpaired) electrons. The number of hydrazine groups is 1.